The van der Waals surface area contributed by atoms with Crippen molar-refractivity contribution < 1.29 is 14.2 Å². The van der Waals surface area contributed by atoms with Gasteiger partial charge in [-0.1, -0.05) is 46.3 Å². The summed E-state index contributed by atoms with van der Waals surface area (Å²) in [5.41, 5.74) is 1.39. The molecule has 1 rings (SSSR count). The fraction of sp³-hybridized carbons (Fsp3) is 0.625. The van der Waals surface area contributed by atoms with Gasteiger partial charge in [0.1, 0.15) is 0 Å². The number of halogens is 1. The minimum Gasteiger partial charge on any atom is -0.382 e. The minimum absolute atomic E-state index is 0.617. The third kappa shape index (κ3) is 8.69. The summed E-state index contributed by atoms with van der Waals surface area (Å²) in [6.45, 7) is 3.36. The average Bonchev–Trinajstić information content (AvgIpc) is 2.49. The Kier molecular flexibility index (Phi) is 10.9. The number of alkyl halides is 1. The molecule has 0 bridgehead atoms. The fourth-order valence-electron chi connectivity index (χ4n) is 1.90. The van der Waals surface area contributed by atoms with Crippen LogP contribution in [0, 0.1) is 5.92 Å². The van der Waals surface area contributed by atoms with Gasteiger partial charge in [-0.05, 0) is 24.3 Å². The second-order valence-electron chi connectivity index (χ2n) is 4.72. The Morgan fingerprint density at radius 2 is 1.60 bits per heavy atom. The number of hydrogen-bond donors (Lipinski definition) is 0. The summed E-state index contributed by atoms with van der Waals surface area (Å²) in [6, 6.07) is 10.6. The molecule has 0 aliphatic rings. The smallest absolute Gasteiger partial charge is 0.0701 e. The van der Waals surface area contributed by atoms with E-state index in [1.165, 1.54) is 5.56 Å². The van der Waals surface area contributed by atoms with Crippen molar-refractivity contribution in [3.63, 3.8) is 0 Å². The predicted molar refractivity (Wildman–Crippen MR) is 85.6 cm³/mol. The highest BCUT2D eigenvalue weighted by molar-refractivity contribution is 9.09. The van der Waals surface area contributed by atoms with Crippen LogP contribution in [0.25, 0.3) is 0 Å². The van der Waals surface area contributed by atoms with Crippen LogP contribution in [0.4, 0.5) is 0 Å². The zero-order valence-corrected chi connectivity index (χ0v) is 13.8. The molecule has 0 aliphatic heterocycles. The van der Waals surface area contributed by atoms with Crippen LogP contribution >= 0.6 is 15.9 Å². The summed E-state index contributed by atoms with van der Waals surface area (Å²) in [5, 5.41) is 1.01. The first-order chi connectivity index (χ1) is 9.86. The molecule has 0 saturated carbocycles. The van der Waals surface area contributed by atoms with E-state index in [2.05, 4.69) is 46.3 Å². The number of methoxy groups -OCH3 is 1. The predicted octanol–water partition coefficient (Wildman–Crippen LogP) is 3.31. The maximum atomic E-state index is 5.60. The molecule has 0 saturated heterocycles. The van der Waals surface area contributed by atoms with Gasteiger partial charge in [0.25, 0.3) is 0 Å². The molecule has 4 heteroatoms. The highest BCUT2D eigenvalue weighted by atomic mass is 79.9. The first-order valence-corrected chi connectivity index (χ1v) is 8.23. The summed E-state index contributed by atoms with van der Waals surface area (Å²) in [6.07, 6.45) is 2.16. The minimum atomic E-state index is 0.617. The van der Waals surface area contributed by atoms with Gasteiger partial charge in [0, 0.05) is 19.0 Å². The lowest BCUT2D eigenvalue weighted by molar-refractivity contribution is 0.0223. The molecular weight excluding hydrogens is 320 g/mol. The van der Waals surface area contributed by atoms with Crippen LogP contribution in [-0.2, 0) is 20.6 Å². The third-order valence-corrected chi connectivity index (χ3v) is 3.98. The Balaban J connectivity index is 2.04. The second-order valence-corrected chi connectivity index (χ2v) is 5.36. The molecule has 1 aromatic rings. The molecule has 0 aliphatic carbocycles. The molecule has 0 fully saturated rings. The van der Waals surface area contributed by atoms with Crippen molar-refractivity contribution in [1.29, 1.82) is 0 Å². The Labute approximate surface area is 130 Å². The largest absolute Gasteiger partial charge is 0.382 e. The number of benzene rings is 1. The van der Waals surface area contributed by atoms with Gasteiger partial charge in [0.05, 0.1) is 26.4 Å². The maximum Gasteiger partial charge on any atom is 0.0701 e. The van der Waals surface area contributed by atoms with Crippen LogP contribution in [0.2, 0.25) is 0 Å². The molecule has 3 nitrogen and oxygen atoms in total. The van der Waals surface area contributed by atoms with E-state index in [0.29, 0.717) is 32.3 Å². The molecule has 1 aromatic carbocycles. The van der Waals surface area contributed by atoms with Crippen molar-refractivity contribution >= 4 is 15.9 Å². The topological polar surface area (TPSA) is 27.7 Å². The van der Waals surface area contributed by atoms with Gasteiger partial charge in [-0.25, -0.2) is 0 Å². The summed E-state index contributed by atoms with van der Waals surface area (Å²) < 4.78 is 15.8. The number of rotatable bonds is 12. The van der Waals surface area contributed by atoms with Crippen LogP contribution in [0.15, 0.2) is 30.3 Å². The van der Waals surface area contributed by atoms with Crippen molar-refractivity contribution in [3.8, 4) is 0 Å². The second kappa shape index (κ2) is 12.3. The van der Waals surface area contributed by atoms with Crippen molar-refractivity contribution in [3.05, 3.63) is 35.9 Å². The van der Waals surface area contributed by atoms with Crippen molar-refractivity contribution in [2.24, 2.45) is 5.92 Å². The van der Waals surface area contributed by atoms with Crippen LogP contribution in [-0.4, -0.2) is 45.5 Å². The molecule has 1 unspecified atom stereocenters. The fourth-order valence-corrected chi connectivity index (χ4v) is 2.45. The van der Waals surface area contributed by atoms with E-state index in [1.807, 2.05) is 0 Å². The average molecular weight is 345 g/mol. The van der Waals surface area contributed by atoms with Crippen LogP contribution in [0.1, 0.15) is 12.0 Å². The van der Waals surface area contributed by atoms with Gasteiger partial charge in [-0.3, -0.25) is 0 Å². The SMILES string of the molecule is COCCOCCOCCC(CBr)Cc1ccccc1. The van der Waals surface area contributed by atoms with Crippen molar-refractivity contribution in [2.75, 3.05) is 45.5 Å². The quantitative estimate of drug-likeness (QED) is 0.430. The highest BCUT2D eigenvalue weighted by Gasteiger charge is 2.08. The molecule has 20 heavy (non-hydrogen) atoms. The number of hydrogen-bond acceptors (Lipinski definition) is 3. The normalized spacial score (nSPS) is 12.5. The molecule has 0 amide bonds. The van der Waals surface area contributed by atoms with E-state index in [-0.39, 0.29) is 0 Å². The molecule has 0 radical (unpaired) electrons. The first-order valence-electron chi connectivity index (χ1n) is 7.11. The lowest BCUT2D eigenvalue weighted by Gasteiger charge is -2.14. The Morgan fingerprint density at radius 3 is 2.25 bits per heavy atom. The van der Waals surface area contributed by atoms with E-state index in [1.54, 1.807) is 7.11 Å². The van der Waals surface area contributed by atoms with Crippen LogP contribution in [0.5, 0.6) is 0 Å². The van der Waals surface area contributed by atoms with Gasteiger partial charge >= 0.3 is 0 Å². The Bertz CT molecular complexity index is 319. The molecule has 0 spiro atoms. The first kappa shape index (κ1) is 17.6. The monoisotopic (exact) mass is 344 g/mol. The molecule has 114 valence electrons. The summed E-state index contributed by atoms with van der Waals surface area (Å²) >= 11 is 3.59. The lowest BCUT2D eigenvalue weighted by atomic mass is 9.98. The van der Waals surface area contributed by atoms with Crippen LogP contribution in [0.3, 0.4) is 0 Å². The molecule has 0 heterocycles. The van der Waals surface area contributed by atoms with E-state index in [9.17, 15) is 0 Å². The summed E-state index contributed by atoms with van der Waals surface area (Å²) in [5.74, 6) is 0.617. The summed E-state index contributed by atoms with van der Waals surface area (Å²) in [7, 11) is 1.67. The number of ether oxygens (including phenoxy) is 3. The van der Waals surface area contributed by atoms with Gasteiger partial charge < -0.3 is 14.2 Å². The maximum absolute atomic E-state index is 5.60. The van der Waals surface area contributed by atoms with Crippen molar-refractivity contribution in [2.45, 2.75) is 12.8 Å². The van der Waals surface area contributed by atoms with E-state index < -0.39 is 0 Å². The third-order valence-electron chi connectivity index (χ3n) is 3.06. The van der Waals surface area contributed by atoms with Gasteiger partial charge in [0.15, 0.2) is 0 Å². The van der Waals surface area contributed by atoms with E-state index >= 15 is 0 Å². The summed E-state index contributed by atoms with van der Waals surface area (Å²) in [4.78, 5) is 0. The zero-order chi connectivity index (χ0) is 14.5. The lowest BCUT2D eigenvalue weighted by Crippen LogP contribution is -2.13. The molecule has 0 N–H and O–H groups in total. The standard InChI is InChI=1S/C16H25BrO3/c1-18-9-10-20-12-11-19-8-7-16(14-17)13-15-5-3-2-4-6-15/h2-6,16H,7-14H2,1H3. The van der Waals surface area contributed by atoms with E-state index in [0.717, 1.165) is 24.8 Å². The Morgan fingerprint density at radius 1 is 0.950 bits per heavy atom. The van der Waals surface area contributed by atoms with Gasteiger partial charge in [0.2, 0.25) is 0 Å². The molecular formula is C16H25BrO3. The van der Waals surface area contributed by atoms with Gasteiger partial charge in [-0.2, -0.15) is 0 Å². The molecule has 0 aromatic heterocycles. The van der Waals surface area contributed by atoms with E-state index in [4.69, 9.17) is 14.2 Å². The highest BCUT2D eigenvalue weighted by Crippen LogP contribution is 2.14. The zero-order valence-electron chi connectivity index (χ0n) is 12.2. The Hall–Kier alpha value is -0.420. The molecule has 1 atom stereocenters. The van der Waals surface area contributed by atoms with Gasteiger partial charge in [-0.15, -0.1) is 0 Å². The van der Waals surface area contributed by atoms with Crippen molar-refractivity contribution in [1.82, 2.24) is 0 Å². The van der Waals surface area contributed by atoms with Crippen LogP contribution < -0.4 is 0 Å².